The van der Waals surface area contributed by atoms with Crippen molar-refractivity contribution in [1.82, 2.24) is 16.2 Å². The molecule has 2 rings (SSSR count). The molecular weight excluding hydrogens is 142 g/mol. The summed E-state index contributed by atoms with van der Waals surface area (Å²) in [4.78, 5) is 0. The van der Waals surface area contributed by atoms with E-state index < -0.39 is 0 Å². The Kier molecular flexibility index (Phi) is 2.09. The predicted molar refractivity (Wildman–Crippen MR) is 41.7 cm³/mol. The van der Waals surface area contributed by atoms with Crippen LogP contribution in [0.25, 0.3) is 0 Å². The first-order valence-electron chi connectivity index (χ1n) is 4.27. The van der Waals surface area contributed by atoms with Crippen LogP contribution in [-0.2, 0) is 0 Å². The number of hydrazine groups is 1. The van der Waals surface area contributed by atoms with Gasteiger partial charge in [-0.1, -0.05) is 0 Å². The van der Waals surface area contributed by atoms with Gasteiger partial charge in [-0.2, -0.15) is 0 Å². The van der Waals surface area contributed by atoms with Gasteiger partial charge >= 0.3 is 0 Å². The third kappa shape index (κ3) is 1.27. The molecule has 2 aliphatic heterocycles. The number of aliphatic hydroxyl groups excluding tert-OH is 1. The van der Waals surface area contributed by atoms with Crippen LogP contribution < -0.4 is 16.2 Å². The van der Waals surface area contributed by atoms with Crippen LogP contribution in [0, 0.1) is 5.92 Å². The number of hydrogen-bond donors (Lipinski definition) is 4. The maximum atomic E-state index is 8.97. The summed E-state index contributed by atoms with van der Waals surface area (Å²) in [6.07, 6.45) is 2.81. The smallest absolute Gasteiger partial charge is 0.0749 e. The minimum Gasteiger partial charge on any atom is -0.395 e. The highest BCUT2D eigenvalue weighted by molar-refractivity contribution is 4.91. The van der Waals surface area contributed by atoms with Crippen molar-refractivity contribution >= 4 is 0 Å². The van der Waals surface area contributed by atoms with E-state index in [1.807, 2.05) is 0 Å². The number of nitrogens with one attached hydrogen (secondary N) is 3. The molecule has 0 aromatic rings. The third-order valence-corrected chi connectivity index (χ3v) is 2.64. The molecule has 0 bridgehead atoms. The first-order chi connectivity index (χ1) is 5.42. The normalized spacial score (nSPS) is 43.9. The molecule has 2 aliphatic rings. The maximum absolute atomic E-state index is 8.97. The number of fused-ring (bicyclic) bond motifs is 1. The Morgan fingerprint density at radius 1 is 1.36 bits per heavy atom. The van der Waals surface area contributed by atoms with Crippen molar-refractivity contribution in [3.63, 3.8) is 0 Å². The molecule has 3 atom stereocenters. The second kappa shape index (κ2) is 3.06. The molecule has 64 valence electrons. The standard InChI is InChI=1S/C7H15N3O/c11-4-6-5-2-1-3-8-7(5)10-9-6/h5-11H,1-4H2. The first-order valence-corrected chi connectivity index (χ1v) is 4.27. The van der Waals surface area contributed by atoms with Crippen molar-refractivity contribution in [3.8, 4) is 0 Å². The quantitative estimate of drug-likeness (QED) is 0.385. The Morgan fingerprint density at radius 2 is 2.27 bits per heavy atom. The minimum atomic E-state index is 0.232. The SMILES string of the molecule is OCC1NNC2NCCCC12. The average molecular weight is 157 g/mol. The lowest BCUT2D eigenvalue weighted by Gasteiger charge is -2.27. The van der Waals surface area contributed by atoms with Crippen LogP contribution in [0.15, 0.2) is 0 Å². The average Bonchev–Trinajstić information content (AvgIpc) is 2.47. The molecule has 4 heteroatoms. The van der Waals surface area contributed by atoms with E-state index in [4.69, 9.17) is 5.11 Å². The van der Waals surface area contributed by atoms with E-state index in [2.05, 4.69) is 16.2 Å². The van der Waals surface area contributed by atoms with Crippen molar-refractivity contribution < 1.29 is 5.11 Å². The molecule has 4 nitrogen and oxygen atoms in total. The largest absolute Gasteiger partial charge is 0.395 e. The van der Waals surface area contributed by atoms with Gasteiger partial charge in [0.1, 0.15) is 0 Å². The van der Waals surface area contributed by atoms with Crippen LogP contribution in [0.3, 0.4) is 0 Å². The zero-order valence-electron chi connectivity index (χ0n) is 6.51. The number of aliphatic hydroxyl groups is 1. The second-order valence-corrected chi connectivity index (χ2v) is 3.32. The Balaban J connectivity index is 1.98. The highest BCUT2D eigenvalue weighted by atomic mass is 16.3. The Morgan fingerprint density at radius 3 is 3.09 bits per heavy atom. The minimum absolute atomic E-state index is 0.232. The van der Waals surface area contributed by atoms with Gasteiger partial charge in [-0.3, -0.25) is 5.43 Å². The van der Waals surface area contributed by atoms with Gasteiger partial charge in [0.25, 0.3) is 0 Å². The highest BCUT2D eigenvalue weighted by Gasteiger charge is 2.36. The highest BCUT2D eigenvalue weighted by Crippen LogP contribution is 2.21. The molecule has 2 saturated heterocycles. The molecule has 0 aromatic heterocycles. The van der Waals surface area contributed by atoms with Crippen LogP contribution in [-0.4, -0.2) is 30.5 Å². The summed E-state index contributed by atoms with van der Waals surface area (Å²) in [5.74, 6) is 0.564. The molecule has 0 spiro atoms. The van der Waals surface area contributed by atoms with Gasteiger partial charge in [-0.25, -0.2) is 5.43 Å². The van der Waals surface area contributed by atoms with Crippen molar-refractivity contribution in [2.24, 2.45) is 5.92 Å². The zero-order chi connectivity index (χ0) is 7.68. The molecule has 2 fully saturated rings. The topological polar surface area (TPSA) is 56.3 Å². The van der Waals surface area contributed by atoms with E-state index in [-0.39, 0.29) is 12.6 Å². The van der Waals surface area contributed by atoms with Gasteiger partial charge < -0.3 is 10.4 Å². The van der Waals surface area contributed by atoms with Crippen LogP contribution in [0.1, 0.15) is 12.8 Å². The van der Waals surface area contributed by atoms with Gasteiger partial charge in [0.05, 0.1) is 18.8 Å². The lowest BCUT2D eigenvalue weighted by Crippen LogP contribution is -2.47. The fourth-order valence-corrected chi connectivity index (χ4v) is 1.99. The molecule has 0 aromatic carbocycles. The van der Waals surface area contributed by atoms with E-state index in [0.29, 0.717) is 12.1 Å². The zero-order valence-corrected chi connectivity index (χ0v) is 6.51. The second-order valence-electron chi connectivity index (χ2n) is 3.32. The lowest BCUT2D eigenvalue weighted by atomic mass is 9.91. The van der Waals surface area contributed by atoms with Gasteiger partial charge in [0.15, 0.2) is 0 Å². The van der Waals surface area contributed by atoms with Crippen molar-refractivity contribution in [3.05, 3.63) is 0 Å². The molecular formula is C7H15N3O. The number of piperidine rings is 1. The van der Waals surface area contributed by atoms with Crippen LogP contribution in [0.5, 0.6) is 0 Å². The van der Waals surface area contributed by atoms with Crippen LogP contribution >= 0.6 is 0 Å². The summed E-state index contributed by atoms with van der Waals surface area (Å²) in [7, 11) is 0. The lowest BCUT2D eigenvalue weighted by molar-refractivity contribution is 0.201. The van der Waals surface area contributed by atoms with E-state index in [1.165, 1.54) is 12.8 Å². The fourth-order valence-electron chi connectivity index (χ4n) is 1.99. The third-order valence-electron chi connectivity index (χ3n) is 2.64. The van der Waals surface area contributed by atoms with Gasteiger partial charge in [-0.05, 0) is 19.4 Å². The molecule has 3 unspecified atom stereocenters. The summed E-state index contributed by atoms with van der Waals surface area (Å²) in [5.41, 5.74) is 6.22. The van der Waals surface area contributed by atoms with Gasteiger partial charge in [0, 0.05) is 5.92 Å². The van der Waals surface area contributed by atoms with E-state index in [9.17, 15) is 0 Å². The summed E-state index contributed by atoms with van der Waals surface area (Å²) in [6.45, 7) is 1.32. The summed E-state index contributed by atoms with van der Waals surface area (Å²) in [6, 6.07) is 0.243. The molecule has 2 heterocycles. The molecule has 0 saturated carbocycles. The summed E-state index contributed by atoms with van der Waals surface area (Å²) in [5, 5.41) is 12.3. The van der Waals surface area contributed by atoms with Crippen LogP contribution in [0.2, 0.25) is 0 Å². The van der Waals surface area contributed by atoms with Gasteiger partial charge in [0.2, 0.25) is 0 Å². The summed E-state index contributed by atoms with van der Waals surface area (Å²) < 4.78 is 0. The molecule has 0 aliphatic carbocycles. The Hall–Kier alpha value is -0.160. The van der Waals surface area contributed by atoms with Crippen molar-refractivity contribution in [2.45, 2.75) is 25.0 Å². The van der Waals surface area contributed by atoms with E-state index in [1.54, 1.807) is 0 Å². The summed E-state index contributed by atoms with van der Waals surface area (Å²) >= 11 is 0. The Labute approximate surface area is 66.3 Å². The van der Waals surface area contributed by atoms with E-state index >= 15 is 0 Å². The monoisotopic (exact) mass is 157 g/mol. The number of hydrogen-bond acceptors (Lipinski definition) is 4. The predicted octanol–water partition coefficient (Wildman–Crippen LogP) is -1.22. The first kappa shape index (κ1) is 7.49. The van der Waals surface area contributed by atoms with Gasteiger partial charge in [-0.15, -0.1) is 0 Å². The van der Waals surface area contributed by atoms with Crippen molar-refractivity contribution in [2.75, 3.05) is 13.2 Å². The van der Waals surface area contributed by atoms with E-state index in [0.717, 1.165) is 6.54 Å². The fraction of sp³-hybridized carbons (Fsp3) is 1.00. The number of rotatable bonds is 1. The molecule has 11 heavy (non-hydrogen) atoms. The molecule has 4 N–H and O–H groups in total. The molecule has 0 amide bonds. The maximum Gasteiger partial charge on any atom is 0.0749 e. The van der Waals surface area contributed by atoms with Crippen molar-refractivity contribution in [1.29, 1.82) is 0 Å². The van der Waals surface area contributed by atoms with Crippen LogP contribution in [0.4, 0.5) is 0 Å². The molecule has 0 radical (unpaired) electrons. The Bertz CT molecular complexity index is 136.